The summed E-state index contributed by atoms with van der Waals surface area (Å²) < 4.78 is 1.89. The fourth-order valence-electron chi connectivity index (χ4n) is 2.75. The Kier molecular flexibility index (Phi) is 4.42. The van der Waals surface area contributed by atoms with Gasteiger partial charge in [-0.2, -0.15) is 0 Å². The monoisotopic (exact) mass is 276 g/mol. The van der Waals surface area contributed by atoms with Crippen molar-refractivity contribution < 1.29 is 15.0 Å². The summed E-state index contributed by atoms with van der Waals surface area (Å²) in [4.78, 5) is 11.4. The van der Waals surface area contributed by atoms with Gasteiger partial charge in [0.2, 0.25) is 0 Å². The lowest BCUT2D eigenvalue weighted by molar-refractivity contribution is 0.0698. The third-order valence-corrected chi connectivity index (χ3v) is 3.66. The zero-order chi connectivity index (χ0) is 14.7. The summed E-state index contributed by atoms with van der Waals surface area (Å²) in [6.45, 7) is 2.95. The fraction of sp³-hybridized carbons (Fsp3) is 0.400. The van der Waals surface area contributed by atoms with E-state index in [9.17, 15) is 15.0 Å². The number of carboxylic acid groups (broad SMARTS) is 1. The zero-order valence-corrected chi connectivity index (χ0v) is 11.6. The highest BCUT2D eigenvalue weighted by molar-refractivity contribution is 6.03. The number of aliphatic hydroxyl groups excluding tert-OH is 1. The number of fused-ring (bicyclic) bond motifs is 1. The van der Waals surface area contributed by atoms with Crippen LogP contribution in [-0.2, 0) is 13.0 Å². The minimum absolute atomic E-state index is 0.0189. The van der Waals surface area contributed by atoms with Crippen molar-refractivity contribution in [2.75, 3.05) is 13.2 Å². The third-order valence-electron chi connectivity index (χ3n) is 3.66. The maximum Gasteiger partial charge on any atom is 0.337 e. The molecular weight excluding hydrogens is 256 g/mol. The van der Waals surface area contributed by atoms with Gasteiger partial charge in [0.15, 0.2) is 0 Å². The predicted molar refractivity (Wildman–Crippen MR) is 78.1 cm³/mol. The molecule has 0 aliphatic rings. The van der Waals surface area contributed by atoms with Crippen LogP contribution in [0.1, 0.15) is 28.0 Å². The largest absolute Gasteiger partial charge is 0.478 e. The lowest BCUT2D eigenvalue weighted by atomic mass is 10.0. The van der Waals surface area contributed by atoms with Crippen LogP contribution in [0, 0.1) is 6.92 Å². The van der Waals surface area contributed by atoms with E-state index >= 15 is 0 Å². The van der Waals surface area contributed by atoms with E-state index in [1.165, 1.54) is 0 Å². The second-order valence-electron chi connectivity index (χ2n) is 4.84. The van der Waals surface area contributed by atoms with Gasteiger partial charge in [-0.3, -0.25) is 0 Å². The van der Waals surface area contributed by atoms with Crippen molar-refractivity contribution in [1.82, 2.24) is 4.57 Å². The van der Waals surface area contributed by atoms with Gasteiger partial charge in [-0.1, -0.05) is 12.1 Å². The highest BCUT2D eigenvalue weighted by Gasteiger charge is 2.18. The molecule has 0 bridgehead atoms. The van der Waals surface area contributed by atoms with Crippen LogP contribution >= 0.6 is 0 Å². The molecule has 2 rings (SSSR count). The Bertz CT molecular complexity index is 632. The Morgan fingerprint density at radius 2 is 2.15 bits per heavy atom. The number of para-hydroxylation sites is 1. The zero-order valence-electron chi connectivity index (χ0n) is 11.6. The molecule has 0 saturated carbocycles. The SMILES string of the molecule is Cc1c(CCCN)c2cccc(C(=O)O)c2n1CCO. The standard InChI is InChI=1S/C15H20N2O3/c1-10-11(6-3-7-16)12-4-2-5-13(15(19)20)14(12)17(10)8-9-18/h2,4-5,18H,3,6-9,16H2,1H3,(H,19,20). The molecule has 0 fully saturated rings. The molecule has 0 radical (unpaired) electrons. The molecule has 108 valence electrons. The lowest BCUT2D eigenvalue weighted by Crippen LogP contribution is -2.08. The van der Waals surface area contributed by atoms with Crippen molar-refractivity contribution in [2.45, 2.75) is 26.3 Å². The van der Waals surface area contributed by atoms with Crippen LogP contribution < -0.4 is 5.73 Å². The van der Waals surface area contributed by atoms with Crippen LogP contribution in [0.4, 0.5) is 0 Å². The second-order valence-corrected chi connectivity index (χ2v) is 4.84. The van der Waals surface area contributed by atoms with Gasteiger partial charge in [0.05, 0.1) is 17.7 Å². The highest BCUT2D eigenvalue weighted by Crippen LogP contribution is 2.29. The van der Waals surface area contributed by atoms with E-state index in [-0.39, 0.29) is 12.2 Å². The smallest absolute Gasteiger partial charge is 0.337 e. The number of aromatic nitrogens is 1. The summed E-state index contributed by atoms with van der Waals surface area (Å²) in [7, 11) is 0. The van der Waals surface area contributed by atoms with Crippen LogP contribution in [0.2, 0.25) is 0 Å². The maximum absolute atomic E-state index is 11.4. The van der Waals surface area contributed by atoms with Crippen LogP contribution in [0.3, 0.4) is 0 Å². The normalized spacial score (nSPS) is 11.2. The summed E-state index contributed by atoms with van der Waals surface area (Å²) in [5.74, 6) is -0.947. The average molecular weight is 276 g/mol. The third kappa shape index (κ3) is 2.42. The van der Waals surface area contributed by atoms with Crippen molar-refractivity contribution in [3.63, 3.8) is 0 Å². The molecule has 0 saturated heterocycles. The molecule has 0 aliphatic heterocycles. The van der Waals surface area contributed by atoms with Gasteiger partial charge in [-0.25, -0.2) is 4.79 Å². The Morgan fingerprint density at radius 1 is 1.40 bits per heavy atom. The Hall–Kier alpha value is -1.85. The molecule has 0 amide bonds. The van der Waals surface area contributed by atoms with E-state index in [4.69, 9.17) is 5.73 Å². The van der Waals surface area contributed by atoms with Crippen LogP contribution in [-0.4, -0.2) is 33.9 Å². The van der Waals surface area contributed by atoms with Crippen LogP contribution in [0.5, 0.6) is 0 Å². The molecule has 20 heavy (non-hydrogen) atoms. The van der Waals surface area contributed by atoms with Gasteiger partial charge in [0.1, 0.15) is 0 Å². The lowest BCUT2D eigenvalue weighted by Gasteiger charge is -2.08. The molecule has 4 N–H and O–H groups in total. The number of nitrogens with zero attached hydrogens (tertiary/aromatic N) is 1. The predicted octanol–water partition coefficient (Wildman–Crippen LogP) is 1.53. The number of aromatic carboxylic acids is 1. The Balaban J connectivity index is 2.72. The number of aryl methyl sites for hydroxylation is 1. The van der Waals surface area contributed by atoms with Gasteiger partial charge in [-0.15, -0.1) is 0 Å². The van der Waals surface area contributed by atoms with Crippen molar-refractivity contribution in [2.24, 2.45) is 5.73 Å². The van der Waals surface area contributed by atoms with Crippen LogP contribution in [0.15, 0.2) is 18.2 Å². The fourth-order valence-corrected chi connectivity index (χ4v) is 2.75. The van der Waals surface area contributed by atoms with Gasteiger partial charge in [-0.05, 0) is 37.9 Å². The molecule has 1 aromatic carbocycles. The Morgan fingerprint density at radius 3 is 2.75 bits per heavy atom. The molecule has 0 spiro atoms. The number of carbonyl (C=O) groups is 1. The van der Waals surface area contributed by atoms with Crippen molar-refractivity contribution in [1.29, 1.82) is 0 Å². The number of aliphatic hydroxyl groups is 1. The first-order valence-electron chi connectivity index (χ1n) is 6.76. The van der Waals surface area contributed by atoms with Gasteiger partial charge in [0, 0.05) is 17.6 Å². The number of hydrogen-bond donors (Lipinski definition) is 3. The molecule has 0 unspecified atom stereocenters. The first kappa shape index (κ1) is 14.6. The van der Waals surface area contributed by atoms with Gasteiger partial charge >= 0.3 is 5.97 Å². The van der Waals surface area contributed by atoms with E-state index in [0.717, 1.165) is 29.5 Å². The maximum atomic E-state index is 11.4. The van der Waals surface area contributed by atoms with E-state index < -0.39 is 5.97 Å². The Labute approximate surface area is 117 Å². The van der Waals surface area contributed by atoms with E-state index in [0.29, 0.717) is 18.6 Å². The minimum atomic E-state index is -0.947. The second kappa shape index (κ2) is 6.07. The topological polar surface area (TPSA) is 88.5 Å². The van der Waals surface area contributed by atoms with Gasteiger partial charge in [0.25, 0.3) is 0 Å². The number of nitrogens with two attached hydrogens (primary N) is 1. The number of hydrogen-bond acceptors (Lipinski definition) is 3. The first-order chi connectivity index (χ1) is 9.61. The summed E-state index contributed by atoms with van der Waals surface area (Å²) in [6.07, 6.45) is 1.68. The highest BCUT2D eigenvalue weighted by atomic mass is 16.4. The molecule has 5 nitrogen and oxygen atoms in total. The molecule has 1 heterocycles. The minimum Gasteiger partial charge on any atom is -0.478 e. The van der Waals surface area contributed by atoms with E-state index in [1.807, 2.05) is 17.6 Å². The van der Waals surface area contributed by atoms with Gasteiger partial charge < -0.3 is 20.5 Å². The van der Waals surface area contributed by atoms with Crippen LogP contribution in [0.25, 0.3) is 10.9 Å². The number of rotatable bonds is 6. The summed E-state index contributed by atoms with van der Waals surface area (Å²) in [5, 5.41) is 19.5. The quantitative estimate of drug-likeness (QED) is 0.746. The van der Waals surface area contributed by atoms with E-state index in [1.54, 1.807) is 12.1 Å². The summed E-state index contributed by atoms with van der Waals surface area (Å²) in [5.41, 5.74) is 8.68. The molecular formula is C15H20N2O3. The summed E-state index contributed by atoms with van der Waals surface area (Å²) >= 11 is 0. The average Bonchev–Trinajstić information content (AvgIpc) is 2.70. The molecule has 1 aromatic heterocycles. The molecule has 5 heteroatoms. The summed E-state index contributed by atoms with van der Waals surface area (Å²) in [6, 6.07) is 5.31. The van der Waals surface area contributed by atoms with E-state index in [2.05, 4.69) is 0 Å². The first-order valence-corrected chi connectivity index (χ1v) is 6.76. The van der Waals surface area contributed by atoms with Crippen molar-refractivity contribution >= 4 is 16.9 Å². The number of benzene rings is 1. The van der Waals surface area contributed by atoms with Crippen molar-refractivity contribution in [3.05, 3.63) is 35.0 Å². The molecule has 0 aliphatic carbocycles. The molecule has 0 atom stereocenters. The molecule has 2 aromatic rings. The number of carboxylic acids is 1. The van der Waals surface area contributed by atoms with Crippen molar-refractivity contribution in [3.8, 4) is 0 Å².